The summed E-state index contributed by atoms with van der Waals surface area (Å²) in [6.07, 6.45) is 0.469. The molecule has 0 aliphatic rings. The monoisotopic (exact) mass is 320 g/mol. The van der Waals surface area contributed by atoms with Crippen LogP contribution in [0, 0.1) is 19.3 Å². The van der Waals surface area contributed by atoms with Crippen molar-refractivity contribution in [3.63, 3.8) is 0 Å². The SMILES string of the molecule is Cc1ccc(OCC(=O)NCCNC(=O)CC(C)(C)C)cc1C. The minimum absolute atomic E-state index is 0.00173. The van der Waals surface area contributed by atoms with E-state index >= 15 is 0 Å². The second kappa shape index (κ2) is 8.56. The molecule has 128 valence electrons. The van der Waals surface area contributed by atoms with Crippen LogP contribution in [0.15, 0.2) is 18.2 Å². The summed E-state index contributed by atoms with van der Waals surface area (Å²) in [4.78, 5) is 23.3. The highest BCUT2D eigenvalue weighted by Crippen LogP contribution is 2.17. The van der Waals surface area contributed by atoms with Crippen LogP contribution < -0.4 is 15.4 Å². The number of hydrogen-bond acceptors (Lipinski definition) is 3. The lowest BCUT2D eigenvalue weighted by atomic mass is 9.92. The van der Waals surface area contributed by atoms with Crippen LogP contribution in [-0.4, -0.2) is 31.5 Å². The third-order valence-electron chi connectivity index (χ3n) is 3.31. The van der Waals surface area contributed by atoms with Gasteiger partial charge in [-0.25, -0.2) is 0 Å². The molecule has 0 fully saturated rings. The second-order valence-electron chi connectivity index (χ2n) is 6.97. The first kappa shape index (κ1) is 19.0. The van der Waals surface area contributed by atoms with Crippen molar-refractivity contribution in [2.24, 2.45) is 5.41 Å². The number of amides is 2. The van der Waals surface area contributed by atoms with Gasteiger partial charge in [-0.2, -0.15) is 0 Å². The van der Waals surface area contributed by atoms with Crippen molar-refractivity contribution in [1.29, 1.82) is 0 Å². The fourth-order valence-electron chi connectivity index (χ4n) is 1.95. The summed E-state index contributed by atoms with van der Waals surface area (Å²) < 4.78 is 5.45. The summed E-state index contributed by atoms with van der Waals surface area (Å²) in [5.41, 5.74) is 2.28. The molecule has 0 bridgehead atoms. The van der Waals surface area contributed by atoms with Gasteiger partial charge in [0.15, 0.2) is 6.61 Å². The molecular weight excluding hydrogens is 292 g/mol. The topological polar surface area (TPSA) is 67.4 Å². The zero-order chi connectivity index (χ0) is 17.5. The van der Waals surface area contributed by atoms with Gasteiger partial charge >= 0.3 is 0 Å². The molecule has 2 amide bonds. The molecule has 5 nitrogen and oxygen atoms in total. The van der Waals surface area contributed by atoms with Crippen LogP contribution in [0.3, 0.4) is 0 Å². The highest BCUT2D eigenvalue weighted by molar-refractivity contribution is 5.78. The van der Waals surface area contributed by atoms with Crippen molar-refractivity contribution in [1.82, 2.24) is 10.6 Å². The molecule has 0 aromatic heterocycles. The lowest BCUT2D eigenvalue weighted by Crippen LogP contribution is -2.37. The van der Waals surface area contributed by atoms with Crippen LogP contribution in [0.5, 0.6) is 5.75 Å². The zero-order valence-electron chi connectivity index (χ0n) is 14.8. The zero-order valence-corrected chi connectivity index (χ0v) is 14.8. The standard InChI is InChI=1S/C18H28N2O3/c1-13-6-7-15(10-14(13)2)23-12-17(22)20-9-8-19-16(21)11-18(3,4)5/h6-7,10H,8-9,11-12H2,1-5H3,(H,19,21)(H,20,22). The van der Waals surface area contributed by atoms with Gasteiger partial charge in [-0.1, -0.05) is 26.8 Å². The molecule has 1 rings (SSSR count). The van der Waals surface area contributed by atoms with Gasteiger partial charge in [-0.3, -0.25) is 9.59 Å². The molecule has 0 aliphatic heterocycles. The summed E-state index contributed by atoms with van der Waals surface area (Å²) in [5.74, 6) is 0.480. The third-order valence-corrected chi connectivity index (χ3v) is 3.31. The molecule has 0 heterocycles. The van der Waals surface area contributed by atoms with Gasteiger partial charge in [0.2, 0.25) is 5.91 Å². The van der Waals surface area contributed by atoms with Crippen molar-refractivity contribution in [3.8, 4) is 5.75 Å². The van der Waals surface area contributed by atoms with Gasteiger partial charge in [0.05, 0.1) is 0 Å². The molecule has 0 atom stereocenters. The van der Waals surface area contributed by atoms with Crippen molar-refractivity contribution in [3.05, 3.63) is 29.3 Å². The van der Waals surface area contributed by atoms with Crippen LogP contribution >= 0.6 is 0 Å². The fraction of sp³-hybridized carbons (Fsp3) is 0.556. The highest BCUT2D eigenvalue weighted by Gasteiger charge is 2.15. The van der Waals surface area contributed by atoms with E-state index in [1.54, 1.807) is 0 Å². The number of aryl methyl sites for hydroxylation is 2. The maximum absolute atomic E-state index is 11.7. The molecule has 0 unspecified atom stereocenters. The molecular formula is C18H28N2O3. The Morgan fingerprint density at radius 2 is 1.61 bits per heavy atom. The van der Waals surface area contributed by atoms with Crippen molar-refractivity contribution < 1.29 is 14.3 Å². The first-order chi connectivity index (χ1) is 10.7. The number of rotatable bonds is 7. The quantitative estimate of drug-likeness (QED) is 0.758. The number of ether oxygens (including phenoxy) is 1. The van der Waals surface area contributed by atoms with Gasteiger partial charge in [0.1, 0.15) is 5.75 Å². The molecule has 0 aliphatic carbocycles. The average Bonchev–Trinajstić information content (AvgIpc) is 2.43. The van der Waals surface area contributed by atoms with Crippen LogP contribution in [0.25, 0.3) is 0 Å². The minimum Gasteiger partial charge on any atom is -0.484 e. The number of hydrogen-bond donors (Lipinski definition) is 2. The Morgan fingerprint density at radius 1 is 1.00 bits per heavy atom. The van der Waals surface area contributed by atoms with E-state index in [0.29, 0.717) is 25.3 Å². The second-order valence-corrected chi connectivity index (χ2v) is 6.97. The van der Waals surface area contributed by atoms with E-state index < -0.39 is 0 Å². The largest absolute Gasteiger partial charge is 0.484 e. The van der Waals surface area contributed by atoms with Gasteiger partial charge in [-0.05, 0) is 42.5 Å². The number of nitrogens with one attached hydrogen (secondary N) is 2. The van der Waals surface area contributed by atoms with Crippen LogP contribution in [0.2, 0.25) is 0 Å². The van der Waals surface area contributed by atoms with Crippen LogP contribution in [-0.2, 0) is 9.59 Å². The molecule has 0 saturated carbocycles. The van der Waals surface area contributed by atoms with Gasteiger partial charge < -0.3 is 15.4 Å². The molecule has 0 saturated heterocycles. The molecule has 0 radical (unpaired) electrons. The van der Waals surface area contributed by atoms with E-state index in [1.165, 1.54) is 5.56 Å². The summed E-state index contributed by atoms with van der Waals surface area (Å²) in [5, 5.41) is 5.51. The maximum Gasteiger partial charge on any atom is 0.258 e. The Labute approximate surface area is 138 Å². The van der Waals surface area contributed by atoms with Gasteiger partial charge in [-0.15, -0.1) is 0 Å². The maximum atomic E-state index is 11.7. The predicted molar refractivity (Wildman–Crippen MR) is 91.5 cm³/mol. The van der Waals surface area contributed by atoms with Gasteiger partial charge in [0.25, 0.3) is 5.91 Å². The number of carbonyl (C=O) groups excluding carboxylic acids is 2. The summed E-state index contributed by atoms with van der Waals surface area (Å²) in [6.45, 7) is 10.9. The van der Waals surface area contributed by atoms with Crippen LogP contribution in [0.1, 0.15) is 38.3 Å². The van der Waals surface area contributed by atoms with Crippen molar-refractivity contribution in [2.45, 2.75) is 41.0 Å². The molecule has 5 heteroatoms. The van der Waals surface area contributed by atoms with E-state index in [4.69, 9.17) is 4.74 Å². The Bertz CT molecular complexity index is 548. The van der Waals surface area contributed by atoms with E-state index in [-0.39, 0.29) is 23.8 Å². The fourth-order valence-corrected chi connectivity index (χ4v) is 1.95. The lowest BCUT2D eigenvalue weighted by Gasteiger charge is -2.17. The average molecular weight is 320 g/mol. The minimum atomic E-state index is -0.201. The van der Waals surface area contributed by atoms with E-state index in [2.05, 4.69) is 10.6 Å². The predicted octanol–water partition coefficient (Wildman–Crippen LogP) is 2.35. The Morgan fingerprint density at radius 3 is 2.17 bits per heavy atom. The third kappa shape index (κ3) is 8.24. The summed E-state index contributed by atoms with van der Waals surface area (Å²) in [7, 11) is 0. The lowest BCUT2D eigenvalue weighted by molar-refractivity contribution is -0.124. The van der Waals surface area contributed by atoms with E-state index in [1.807, 2.05) is 52.8 Å². The highest BCUT2D eigenvalue weighted by atomic mass is 16.5. The summed E-state index contributed by atoms with van der Waals surface area (Å²) >= 11 is 0. The summed E-state index contributed by atoms with van der Waals surface area (Å²) in [6, 6.07) is 5.73. The Balaban J connectivity index is 2.19. The molecule has 23 heavy (non-hydrogen) atoms. The Kier molecular flexibility index (Phi) is 7.07. The van der Waals surface area contributed by atoms with Crippen LogP contribution in [0.4, 0.5) is 0 Å². The smallest absolute Gasteiger partial charge is 0.258 e. The first-order valence-corrected chi connectivity index (χ1v) is 7.91. The van der Waals surface area contributed by atoms with Gasteiger partial charge in [0, 0.05) is 19.5 Å². The van der Waals surface area contributed by atoms with Crippen molar-refractivity contribution >= 4 is 11.8 Å². The molecule has 1 aromatic carbocycles. The first-order valence-electron chi connectivity index (χ1n) is 7.91. The number of benzene rings is 1. The molecule has 0 spiro atoms. The normalized spacial score (nSPS) is 11.0. The van der Waals surface area contributed by atoms with E-state index in [9.17, 15) is 9.59 Å². The van der Waals surface area contributed by atoms with E-state index in [0.717, 1.165) is 5.56 Å². The molecule has 1 aromatic rings. The van der Waals surface area contributed by atoms with Crippen molar-refractivity contribution in [2.75, 3.05) is 19.7 Å². The Hall–Kier alpha value is -2.04. The number of carbonyl (C=O) groups is 2. The molecule has 2 N–H and O–H groups in total.